The highest BCUT2D eigenvalue weighted by Gasteiger charge is 2.29. The lowest BCUT2D eigenvalue weighted by molar-refractivity contribution is -0.131. The zero-order chi connectivity index (χ0) is 19.1. The van der Waals surface area contributed by atoms with Crippen molar-refractivity contribution in [1.29, 1.82) is 0 Å². The van der Waals surface area contributed by atoms with Gasteiger partial charge in [-0.25, -0.2) is 4.79 Å². The Labute approximate surface area is 155 Å². The molecule has 138 valence electrons. The largest absolute Gasteiger partial charge is 0.477 e. The van der Waals surface area contributed by atoms with E-state index in [2.05, 4.69) is 24.1 Å². The lowest BCUT2D eigenvalue weighted by Crippen LogP contribution is -2.26. The van der Waals surface area contributed by atoms with Crippen molar-refractivity contribution in [3.8, 4) is 0 Å². The van der Waals surface area contributed by atoms with Crippen molar-refractivity contribution in [3.63, 3.8) is 0 Å². The Hall–Kier alpha value is -2.99. The van der Waals surface area contributed by atoms with Crippen molar-refractivity contribution in [2.45, 2.75) is 13.8 Å². The van der Waals surface area contributed by atoms with E-state index in [1.165, 1.54) is 0 Å². The maximum Gasteiger partial charge on any atom is 0.342 e. The first kappa shape index (κ1) is 17.4. The van der Waals surface area contributed by atoms with Crippen molar-refractivity contribution >= 4 is 33.9 Å². The van der Waals surface area contributed by atoms with Crippen LogP contribution in [0.1, 0.15) is 13.8 Å². The summed E-state index contributed by atoms with van der Waals surface area (Å²) < 4.78 is 0. The predicted molar refractivity (Wildman–Crippen MR) is 104 cm³/mol. The SMILES string of the molecule is CCN(CC)CCN=c1ccc2c3c(c4cccc1c4=2)NC(=O)C=3C(=O)O. The molecule has 6 heteroatoms. The Balaban J connectivity index is 1.96. The van der Waals surface area contributed by atoms with Crippen LogP contribution in [0, 0.1) is 10.4 Å². The Kier molecular flexibility index (Phi) is 4.28. The first-order chi connectivity index (χ1) is 13.1. The zero-order valence-electron chi connectivity index (χ0n) is 15.4. The third kappa shape index (κ3) is 2.64. The molecular formula is C21H21N3O3. The Morgan fingerprint density at radius 2 is 1.85 bits per heavy atom. The molecule has 1 aromatic rings. The van der Waals surface area contributed by atoms with Gasteiger partial charge in [-0.15, -0.1) is 0 Å². The smallest absolute Gasteiger partial charge is 0.342 e. The van der Waals surface area contributed by atoms with Crippen molar-refractivity contribution in [2.75, 3.05) is 31.5 Å². The van der Waals surface area contributed by atoms with E-state index in [9.17, 15) is 14.7 Å². The van der Waals surface area contributed by atoms with Gasteiger partial charge >= 0.3 is 5.97 Å². The van der Waals surface area contributed by atoms with Gasteiger partial charge in [-0.05, 0) is 24.4 Å². The number of amides is 1. The van der Waals surface area contributed by atoms with E-state index in [1.807, 2.05) is 30.3 Å². The third-order valence-corrected chi connectivity index (χ3v) is 5.33. The minimum absolute atomic E-state index is 0.186. The maximum absolute atomic E-state index is 12.1. The fourth-order valence-corrected chi connectivity index (χ4v) is 3.95. The number of hydrogen-bond donors (Lipinski definition) is 2. The molecule has 27 heavy (non-hydrogen) atoms. The van der Waals surface area contributed by atoms with Crippen LogP contribution in [0.15, 0.2) is 35.3 Å². The molecule has 3 aliphatic rings. The molecule has 0 bridgehead atoms. The predicted octanol–water partition coefficient (Wildman–Crippen LogP) is 1.15. The summed E-state index contributed by atoms with van der Waals surface area (Å²) in [5.74, 6) is -1.76. The van der Waals surface area contributed by atoms with Gasteiger partial charge in [0, 0.05) is 27.8 Å². The number of nitrogens with zero attached hydrogens (tertiary/aromatic N) is 2. The van der Waals surface area contributed by atoms with Gasteiger partial charge in [-0.2, -0.15) is 0 Å². The molecule has 1 heterocycles. The summed E-state index contributed by atoms with van der Waals surface area (Å²) in [6.07, 6.45) is 0. The number of rotatable bonds is 6. The monoisotopic (exact) mass is 363 g/mol. The quantitative estimate of drug-likeness (QED) is 0.688. The van der Waals surface area contributed by atoms with E-state index < -0.39 is 11.9 Å². The molecule has 0 unspecified atom stereocenters. The number of fused-ring (bicyclic) bond motifs is 3. The van der Waals surface area contributed by atoms with E-state index in [4.69, 9.17) is 4.99 Å². The van der Waals surface area contributed by atoms with E-state index in [1.54, 1.807) is 0 Å². The average Bonchev–Trinajstić information content (AvgIpc) is 3.15. The van der Waals surface area contributed by atoms with Gasteiger partial charge in [0.05, 0.1) is 17.6 Å². The summed E-state index contributed by atoms with van der Waals surface area (Å²) >= 11 is 0. The van der Waals surface area contributed by atoms with E-state index >= 15 is 0 Å². The molecule has 1 aliphatic heterocycles. The molecule has 0 radical (unpaired) electrons. The van der Waals surface area contributed by atoms with Crippen LogP contribution in [-0.2, 0) is 9.59 Å². The lowest BCUT2D eigenvalue weighted by Gasteiger charge is -2.15. The molecule has 2 aliphatic carbocycles. The number of carbonyl (C=O) groups excluding carboxylic acids is 1. The van der Waals surface area contributed by atoms with Crippen LogP contribution in [0.2, 0.25) is 0 Å². The topological polar surface area (TPSA) is 82.0 Å². The highest BCUT2D eigenvalue weighted by atomic mass is 16.4. The van der Waals surface area contributed by atoms with Crippen LogP contribution in [0.4, 0.5) is 5.69 Å². The Bertz CT molecular complexity index is 1230. The number of nitrogens with one attached hydrogen (secondary N) is 1. The number of hydrogen-bond acceptors (Lipinski definition) is 4. The van der Waals surface area contributed by atoms with Gasteiger partial charge in [0.15, 0.2) is 0 Å². The first-order valence-electron chi connectivity index (χ1n) is 9.19. The molecule has 0 fully saturated rings. The molecule has 0 saturated carbocycles. The fourth-order valence-electron chi connectivity index (χ4n) is 3.95. The summed E-state index contributed by atoms with van der Waals surface area (Å²) in [5, 5.41) is 17.2. The number of anilines is 1. The lowest BCUT2D eigenvalue weighted by atomic mass is 10.1. The van der Waals surface area contributed by atoms with Gasteiger partial charge in [0.25, 0.3) is 5.91 Å². The zero-order valence-corrected chi connectivity index (χ0v) is 15.4. The number of carboxylic acid groups (broad SMARTS) is 1. The van der Waals surface area contributed by atoms with E-state index in [-0.39, 0.29) is 5.57 Å². The second-order valence-electron chi connectivity index (χ2n) is 6.65. The van der Waals surface area contributed by atoms with Gasteiger partial charge in [0.1, 0.15) is 5.57 Å². The number of benzene rings is 1. The molecule has 0 atom stereocenters. The van der Waals surface area contributed by atoms with Crippen LogP contribution in [0.5, 0.6) is 0 Å². The van der Waals surface area contributed by atoms with Gasteiger partial charge < -0.3 is 15.3 Å². The molecule has 0 aromatic heterocycles. The molecule has 6 nitrogen and oxygen atoms in total. The number of carbonyl (C=O) groups is 2. The van der Waals surface area contributed by atoms with Crippen LogP contribution in [0.3, 0.4) is 0 Å². The van der Waals surface area contributed by atoms with Crippen molar-refractivity contribution < 1.29 is 14.7 Å². The summed E-state index contributed by atoms with van der Waals surface area (Å²) in [6, 6.07) is 9.64. The van der Waals surface area contributed by atoms with Crippen LogP contribution < -0.4 is 15.9 Å². The third-order valence-electron chi connectivity index (χ3n) is 5.33. The second kappa shape index (κ2) is 6.63. The van der Waals surface area contributed by atoms with Crippen molar-refractivity contribution in [1.82, 2.24) is 4.90 Å². The normalized spacial score (nSPS) is 14.6. The highest BCUT2D eigenvalue weighted by Crippen LogP contribution is 2.25. The minimum atomic E-state index is -1.20. The molecule has 0 saturated heterocycles. The molecular weight excluding hydrogens is 342 g/mol. The highest BCUT2D eigenvalue weighted by molar-refractivity contribution is 6.44. The minimum Gasteiger partial charge on any atom is -0.477 e. The number of likely N-dealkylation sites (N-methyl/N-ethyl adjacent to an activating group) is 1. The average molecular weight is 363 g/mol. The van der Waals surface area contributed by atoms with Gasteiger partial charge in [-0.3, -0.25) is 9.79 Å². The molecule has 2 N–H and O–H groups in total. The number of carboxylic acids is 1. The van der Waals surface area contributed by atoms with Crippen molar-refractivity contribution in [3.05, 3.63) is 51.3 Å². The Morgan fingerprint density at radius 3 is 2.56 bits per heavy atom. The summed E-state index contributed by atoms with van der Waals surface area (Å²) in [5.41, 5.74) is 0.409. The fraction of sp³-hybridized carbons (Fsp3) is 0.286. The maximum atomic E-state index is 12.1. The van der Waals surface area contributed by atoms with Gasteiger partial charge in [0.2, 0.25) is 0 Å². The van der Waals surface area contributed by atoms with Crippen LogP contribution in [-0.4, -0.2) is 48.1 Å². The summed E-state index contributed by atoms with van der Waals surface area (Å²) in [7, 11) is 0. The standard InChI is InChI=1S/C21H21N3O3/c1-3-24(4-2)11-10-22-15-9-8-13-16-12(15)6-5-7-14(16)19-17(13)18(21(26)27)20(25)23-19/h5-9H,3-4,10-11H2,1-2H3,(H,23,25)(H,26,27). The molecule has 0 spiro atoms. The molecule has 4 rings (SSSR count). The van der Waals surface area contributed by atoms with Crippen LogP contribution in [0.25, 0.3) is 16.3 Å². The van der Waals surface area contributed by atoms with Crippen molar-refractivity contribution in [2.24, 2.45) is 4.99 Å². The number of aliphatic carboxylic acids is 1. The van der Waals surface area contributed by atoms with Gasteiger partial charge in [-0.1, -0.05) is 38.1 Å². The van der Waals surface area contributed by atoms with E-state index in [0.717, 1.165) is 46.2 Å². The summed E-state index contributed by atoms with van der Waals surface area (Å²) in [4.78, 5) is 30.8. The Morgan fingerprint density at radius 1 is 1.11 bits per heavy atom. The first-order valence-corrected chi connectivity index (χ1v) is 9.19. The van der Waals surface area contributed by atoms with E-state index in [0.29, 0.717) is 17.5 Å². The summed E-state index contributed by atoms with van der Waals surface area (Å²) in [6.45, 7) is 7.88. The molecule has 1 aromatic carbocycles. The second-order valence-corrected chi connectivity index (χ2v) is 6.65. The molecule has 1 amide bonds. The van der Waals surface area contributed by atoms with Crippen LogP contribution >= 0.6 is 0 Å².